The van der Waals surface area contributed by atoms with E-state index in [0.29, 0.717) is 0 Å². The van der Waals surface area contributed by atoms with Crippen LogP contribution in [0.4, 0.5) is 0 Å². The summed E-state index contributed by atoms with van der Waals surface area (Å²) in [5.41, 5.74) is 17.0. The second kappa shape index (κ2) is 15.7. The number of nitrogens with zero attached hydrogens (tertiary/aromatic N) is 3. The van der Waals surface area contributed by atoms with Gasteiger partial charge >= 0.3 is 0 Å². The van der Waals surface area contributed by atoms with Crippen LogP contribution in [-0.4, -0.2) is 15.0 Å². The van der Waals surface area contributed by atoms with Gasteiger partial charge in [0.05, 0.1) is 50.3 Å². The van der Waals surface area contributed by atoms with Gasteiger partial charge < -0.3 is 18.9 Å². The number of rotatable bonds is 7. The molecular formula is C64H42N4O. The van der Waals surface area contributed by atoms with Crippen LogP contribution in [0, 0.1) is 0 Å². The van der Waals surface area contributed by atoms with Gasteiger partial charge in [-0.15, -0.1) is 0 Å². The molecular weight excluding hydrogens is 841 g/mol. The number of hydrogen-bond acceptors (Lipinski definition) is 3. The first-order valence-electron chi connectivity index (χ1n) is 23.6. The molecule has 69 heavy (non-hydrogen) atoms. The first kappa shape index (κ1) is 39.0. The summed E-state index contributed by atoms with van der Waals surface area (Å²) in [6, 6.07) is 84.4. The zero-order valence-electron chi connectivity index (χ0n) is 37.4. The van der Waals surface area contributed by atoms with Gasteiger partial charge in [0.1, 0.15) is 17.0 Å². The smallest absolute Gasteiger partial charge is 0.145 e. The summed E-state index contributed by atoms with van der Waals surface area (Å²) in [5.74, 6) is 0.817. The van der Waals surface area contributed by atoms with Crippen LogP contribution in [0.2, 0.25) is 0 Å². The summed E-state index contributed by atoms with van der Waals surface area (Å²) in [6.07, 6.45) is 2.24. The van der Waals surface area contributed by atoms with Crippen LogP contribution in [0.3, 0.4) is 0 Å². The maximum Gasteiger partial charge on any atom is 0.145 e. The Balaban J connectivity index is 1.06. The molecule has 0 aliphatic carbocycles. The van der Waals surface area contributed by atoms with E-state index >= 15 is 0 Å². The highest BCUT2D eigenvalue weighted by Crippen LogP contribution is 2.47. The summed E-state index contributed by atoms with van der Waals surface area (Å²) in [5, 5.41) is 10.6. The highest BCUT2D eigenvalue weighted by molar-refractivity contribution is 6.29. The normalized spacial score (nSPS) is 13.9. The molecule has 0 bridgehead atoms. The first-order chi connectivity index (χ1) is 34.2. The monoisotopic (exact) mass is 882 g/mol. The Kier molecular flexibility index (Phi) is 8.89. The van der Waals surface area contributed by atoms with Gasteiger partial charge in [-0.05, 0) is 89.0 Å². The fourth-order valence-corrected chi connectivity index (χ4v) is 10.9. The topological polar surface area (TPSA) is 47.4 Å². The van der Waals surface area contributed by atoms with Crippen molar-refractivity contribution < 1.29 is 4.42 Å². The van der Waals surface area contributed by atoms with Crippen molar-refractivity contribution >= 4 is 77.1 Å². The third-order valence-electron chi connectivity index (χ3n) is 13.9. The molecule has 0 fully saturated rings. The quantitative estimate of drug-likeness (QED) is 0.173. The summed E-state index contributed by atoms with van der Waals surface area (Å²) in [4.78, 5) is 5.42. The van der Waals surface area contributed by atoms with Crippen LogP contribution in [-0.2, 0) is 0 Å². The molecule has 1 unspecified atom stereocenters. The number of hydrogen-bond donors (Lipinski definition) is 1. The van der Waals surface area contributed by atoms with E-state index < -0.39 is 0 Å². The molecule has 1 aliphatic heterocycles. The lowest BCUT2D eigenvalue weighted by atomic mass is 9.91. The minimum absolute atomic E-state index is 0.0893. The Bertz CT molecular complexity index is 4120. The lowest BCUT2D eigenvalue weighted by Crippen LogP contribution is -2.31. The second-order valence-corrected chi connectivity index (χ2v) is 17.9. The molecule has 4 heterocycles. The van der Waals surface area contributed by atoms with Crippen LogP contribution in [0.25, 0.3) is 105 Å². The highest BCUT2D eigenvalue weighted by atomic mass is 16.3. The van der Waals surface area contributed by atoms with Crippen LogP contribution < -0.4 is 5.32 Å². The molecule has 0 saturated carbocycles. The summed E-state index contributed by atoms with van der Waals surface area (Å²) < 4.78 is 12.2. The number of aliphatic imine (C=N–C) groups is 1. The number of nitrogens with one attached hydrogen (secondary N) is 1. The van der Waals surface area contributed by atoms with Gasteiger partial charge in [-0.25, -0.2) is 4.99 Å². The molecule has 0 amide bonds. The zero-order valence-corrected chi connectivity index (χ0v) is 37.4. The van der Waals surface area contributed by atoms with E-state index in [9.17, 15) is 0 Å². The van der Waals surface area contributed by atoms with Crippen LogP contribution in [0.5, 0.6) is 0 Å². The molecule has 0 radical (unpaired) electrons. The molecule has 0 spiro atoms. The lowest BCUT2D eigenvalue weighted by Gasteiger charge is -2.26. The number of benzene rings is 10. The number of amidine groups is 1. The van der Waals surface area contributed by atoms with Crippen molar-refractivity contribution in [2.24, 2.45) is 4.99 Å². The lowest BCUT2D eigenvalue weighted by molar-refractivity contribution is 0.677. The summed E-state index contributed by atoms with van der Waals surface area (Å²) in [7, 11) is 0. The van der Waals surface area contributed by atoms with Crippen molar-refractivity contribution in [2.75, 3.05) is 0 Å². The number of fused-ring (bicyclic) bond motifs is 11. The van der Waals surface area contributed by atoms with Crippen molar-refractivity contribution in [2.45, 2.75) is 6.04 Å². The molecule has 5 nitrogen and oxygen atoms in total. The van der Waals surface area contributed by atoms with E-state index in [4.69, 9.17) is 9.41 Å². The molecule has 14 rings (SSSR count). The summed E-state index contributed by atoms with van der Waals surface area (Å²) in [6.45, 7) is 0. The van der Waals surface area contributed by atoms with Gasteiger partial charge in [0.15, 0.2) is 0 Å². The molecule has 3 aromatic heterocycles. The predicted molar refractivity (Wildman–Crippen MR) is 287 cm³/mol. The minimum atomic E-state index is -0.0893. The third kappa shape index (κ3) is 6.21. The Morgan fingerprint density at radius 2 is 0.855 bits per heavy atom. The van der Waals surface area contributed by atoms with Gasteiger partial charge in [-0.2, -0.15) is 0 Å². The number of furan rings is 1. The molecule has 10 aromatic carbocycles. The van der Waals surface area contributed by atoms with Crippen molar-refractivity contribution in [1.29, 1.82) is 0 Å². The third-order valence-corrected chi connectivity index (χ3v) is 13.9. The van der Waals surface area contributed by atoms with Crippen molar-refractivity contribution in [3.8, 4) is 33.6 Å². The van der Waals surface area contributed by atoms with E-state index in [-0.39, 0.29) is 6.04 Å². The molecule has 1 aliphatic rings. The number of para-hydroxylation sites is 3. The van der Waals surface area contributed by atoms with E-state index in [0.717, 1.165) is 116 Å². The maximum atomic E-state index is 7.36. The van der Waals surface area contributed by atoms with Crippen molar-refractivity contribution in [3.05, 3.63) is 259 Å². The van der Waals surface area contributed by atoms with Gasteiger partial charge in [0.2, 0.25) is 0 Å². The zero-order chi connectivity index (χ0) is 45.4. The molecule has 1 N–H and O–H groups in total. The fraction of sp³-hybridized carbons (Fsp3) is 0.0156. The fourth-order valence-electron chi connectivity index (χ4n) is 10.9. The Morgan fingerprint density at radius 3 is 1.42 bits per heavy atom. The van der Waals surface area contributed by atoms with Gasteiger partial charge in [-0.1, -0.05) is 176 Å². The second-order valence-electron chi connectivity index (χ2n) is 17.9. The van der Waals surface area contributed by atoms with E-state index in [2.05, 4.69) is 257 Å². The average Bonchev–Trinajstić information content (AvgIpc) is 4.09. The Hall–Kier alpha value is -9.19. The minimum Gasteiger partial charge on any atom is -0.455 e. The molecule has 13 aromatic rings. The standard InChI is InChI=1S/C64H42N4O/c1-6-20-41(21-7-1)51-38-45(64-65-53(43-24-10-3-11-25-43)40-54(66-64)44-26-12-4-13-27-44)39-52(42-22-8-2-9-23-42)61(51)68-56-33-19-17-31-50(56)60-58(68)37-35-48-47-34-36-57-59(62(47)69-63(48)60)49-30-16-18-32-55(49)67(57)46-28-14-5-15-29-46/h1-40,53H,(H,65,66). The van der Waals surface area contributed by atoms with E-state index in [1.807, 2.05) is 0 Å². The largest absolute Gasteiger partial charge is 0.455 e. The predicted octanol–water partition coefficient (Wildman–Crippen LogP) is 16.2. The first-order valence-corrected chi connectivity index (χ1v) is 23.6. The van der Waals surface area contributed by atoms with E-state index in [1.165, 1.54) is 10.9 Å². The molecule has 1 atom stereocenters. The van der Waals surface area contributed by atoms with Crippen molar-refractivity contribution in [1.82, 2.24) is 14.5 Å². The highest BCUT2D eigenvalue weighted by Gasteiger charge is 2.27. The van der Waals surface area contributed by atoms with E-state index in [1.54, 1.807) is 0 Å². The SMILES string of the molecule is C1=C(c2ccccc2)N=C(c2cc(-c3ccccc3)c(-n3c4ccccc4c4c5oc6c(ccc7c6c6ccccc6n7-c6ccccc6)c5ccc43)c(-c3ccccc3)c2)NC1c1ccccc1. The Labute approximate surface area is 398 Å². The van der Waals surface area contributed by atoms with Gasteiger partial charge in [0.25, 0.3) is 0 Å². The number of aromatic nitrogens is 2. The van der Waals surface area contributed by atoms with Crippen LogP contribution >= 0.6 is 0 Å². The summed E-state index contributed by atoms with van der Waals surface area (Å²) >= 11 is 0. The Morgan fingerprint density at radius 1 is 0.391 bits per heavy atom. The average molecular weight is 883 g/mol. The van der Waals surface area contributed by atoms with Gasteiger partial charge in [0, 0.05) is 43.9 Å². The van der Waals surface area contributed by atoms with Crippen LogP contribution in [0.15, 0.2) is 252 Å². The molecule has 0 saturated heterocycles. The van der Waals surface area contributed by atoms with Gasteiger partial charge in [-0.3, -0.25) is 0 Å². The maximum absolute atomic E-state index is 7.36. The van der Waals surface area contributed by atoms with Crippen LogP contribution in [0.1, 0.15) is 22.7 Å². The molecule has 5 heteroatoms. The van der Waals surface area contributed by atoms with Crippen molar-refractivity contribution in [3.63, 3.8) is 0 Å². The molecule has 324 valence electrons.